The molecule has 0 saturated carbocycles. The van der Waals surface area contributed by atoms with Gasteiger partial charge in [-0.15, -0.1) is 0 Å². The topological polar surface area (TPSA) is 35.8 Å². The maximum Gasteiger partial charge on any atom is 0.101 e. The summed E-state index contributed by atoms with van der Waals surface area (Å²) in [5.41, 5.74) is 2.72. The van der Waals surface area contributed by atoms with Gasteiger partial charge < -0.3 is 5.32 Å². The predicted molar refractivity (Wildman–Crippen MR) is 90.1 cm³/mol. The van der Waals surface area contributed by atoms with Gasteiger partial charge in [-0.2, -0.15) is 5.26 Å². The van der Waals surface area contributed by atoms with Crippen LogP contribution in [-0.4, -0.2) is 0 Å². The number of rotatable bonds is 3. The van der Waals surface area contributed by atoms with E-state index in [1.54, 1.807) is 0 Å². The molecule has 0 fully saturated rings. The van der Waals surface area contributed by atoms with Crippen LogP contribution in [0.5, 0.6) is 0 Å². The third-order valence-electron chi connectivity index (χ3n) is 3.45. The molecular formula is C18H13BrN2. The van der Waals surface area contributed by atoms with Gasteiger partial charge in [0, 0.05) is 11.0 Å². The van der Waals surface area contributed by atoms with Crippen LogP contribution < -0.4 is 5.32 Å². The van der Waals surface area contributed by atoms with Gasteiger partial charge in [0.2, 0.25) is 0 Å². The van der Waals surface area contributed by atoms with Gasteiger partial charge in [-0.25, -0.2) is 0 Å². The Morgan fingerprint density at radius 1 is 1.00 bits per heavy atom. The fourth-order valence-electron chi connectivity index (χ4n) is 2.40. The van der Waals surface area contributed by atoms with Crippen LogP contribution in [0.15, 0.2) is 65.1 Å². The highest BCUT2D eigenvalue weighted by Crippen LogP contribution is 2.23. The fraction of sp³-hybridized carbons (Fsp3) is 0.0556. The van der Waals surface area contributed by atoms with Crippen molar-refractivity contribution in [3.63, 3.8) is 0 Å². The molecule has 0 aliphatic carbocycles. The maximum atomic E-state index is 9.17. The molecule has 0 heterocycles. The van der Waals surface area contributed by atoms with Crippen LogP contribution in [0.4, 0.5) is 5.69 Å². The van der Waals surface area contributed by atoms with Gasteiger partial charge in [0.15, 0.2) is 0 Å². The standard InChI is InChI=1S/C18H13BrN2/c19-16-9-8-14(11-20)18(10-16)21-12-15-6-3-5-13-4-1-2-7-17(13)15/h1-10,21H,12H2. The van der Waals surface area contributed by atoms with Crippen LogP contribution in [0.1, 0.15) is 11.1 Å². The molecule has 2 nitrogen and oxygen atoms in total. The lowest BCUT2D eigenvalue weighted by Gasteiger charge is -2.11. The monoisotopic (exact) mass is 336 g/mol. The quantitative estimate of drug-likeness (QED) is 0.723. The average molecular weight is 337 g/mol. The van der Waals surface area contributed by atoms with Gasteiger partial charge in [0.1, 0.15) is 6.07 Å². The first-order valence-electron chi connectivity index (χ1n) is 6.68. The highest BCUT2D eigenvalue weighted by atomic mass is 79.9. The molecule has 0 unspecified atom stereocenters. The molecule has 3 rings (SSSR count). The van der Waals surface area contributed by atoms with Crippen molar-refractivity contribution < 1.29 is 0 Å². The Labute approximate surface area is 132 Å². The van der Waals surface area contributed by atoms with E-state index >= 15 is 0 Å². The van der Waals surface area contributed by atoms with Gasteiger partial charge in [-0.1, -0.05) is 58.4 Å². The Bertz CT molecular complexity index is 829. The van der Waals surface area contributed by atoms with Crippen LogP contribution in [0.25, 0.3) is 10.8 Å². The molecule has 1 N–H and O–H groups in total. The number of nitriles is 1. The molecule has 3 aromatic carbocycles. The van der Waals surface area contributed by atoms with Crippen LogP contribution >= 0.6 is 15.9 Å². The van der Waals surface area contributed by atoms with Crippen LogP contribution in [0.3, 0.4) is 0 Å². The third-order valence-corrected chi connectivity index (χ3v) is 3.94. The van der Waals surface area contributed by atoms with E-state index in [0.717, 1.165) is 10.2 Å². The summed E-state index contributed by atoms with van der Waals surface area (Å²) in [6.45, 7) is 0.687. The molecule has 3 heteroatoms. The minimum atomic E-state index is 0.651. The molecule has 0 aliphatic heterocycles. The Morgan fingerprint density at radius 3 is 2.67 bits per heavy atom. The molecule has 21 heavy (non-hydrogen) atoms. The highest BCUT2D eigenvalue weighted by Gasteiger charge is 2.04. The first-order chi connectivity index (χ1) is 10.3. The Morgan fingerprint density at radius 2 is 1.81 bits per heavy atom. The van der Waals surface area contributed by atoms with Gasteiger partial charge in [0.25, 0.3) is 0 Å². The van der Waals surface area contributed by atoms with Crippen LogP contribution in [0, 0.1) is 11.3 Å². The Hall–Kier alpha value is -2.31. The number of anilines is 1. The predicted octanol–water partition coefficient (Wildman–Crippen LogP) is 5.09. The molecule has 0 aliphatic rings. The lowest BCUT2D eigenvalue weighted by molar-refractivity contribution is 1.16. The zero-order chi connectivity index (χ0) is 14.7. The van der Waals surface area contributed by atoms with Crippen molar-refractivity contribution in [2.24, 2.45) is 0 Å². The second kappa shape index (κ2) is 5.99. The van der Waals surface area contributed by atoms with E-state index in [1.165, 1.54) is 16.3 Å². The summed E-state index contributed by atoms with van der Waals surface area (Å²) in [6, 6.07) is 22.4. The van der Waals surface area contributed by atoms with Gasteiger partial charge in [0.05, 0.1) is 11.3 Å². The molecule has 0 amide bonds. The van der Waals surface area contributed by atoms with E-state index in [9.17, 15) is 5.26 Å². The lowest BCUT2D eigenvalue weighted by Crippen LogP contribution is -2.02. The first-order valence-corrected chi connectivity index (χ1v) is 7.47. The number of benzene rings is 3. The van der Waals surface area contributed by atoms with Crippen LogP contribution in [0.2, 0.25) is 0 Å². The number of halogens is 1. The summed E-state index contributed by atoms with van der Waals surface area (Å²) in [4.78, 5) is 0. The van der Waals surface area contributed by atoms with E-state index in [-0.39, 0.29) is 0 Å². The molecule has 102 valence electrons. The van der Waals surface area contributed by atoms with Gasteiger partial charge in [-0.3, -0.25) is 0 Å². The second-order valence-electron chi connectivity index (χ2n) is 4.79. The van der Waals surface area contributed by atoms with Crippen molar-refractivity contribution in [1.82, 2.24) is 0 Å². The zero-order valence-electron chi connectivity index (χ0n) is 11.3. The Balaban J connectivity index is 1.91. The molecule has 3 aromatic rings. The summed E-state index contributed by atoms with van der Waals surface area (Å²) in [5.74, 6) is 0. The van der Waals surface area contributed by atoms with Crippen molar-refractivity contribution in [2.75, 3.05) is 5.32 Å². The van der Waals surface area contributed by atoms with Crippen molar-refractivity contribution in [2.45, 2.75) is 6.54 Å². The van der Waals surface area contributed by atoms with E-state index in [4.69, 9.17) is 0 Å². The Kier molecular flexibility index (Phi) is 3.89. The van der Waals surface area contributed by atoms with Crippen molar-refractivity contribution in [3.8, 4) is 6.07 Å². The molecule has 0 saturated heterocycles. The van der Waals surface area contributed by atoms with E-state index in [1.807, 2.05) is 30.3 Å². The molecule has 0 radical (unpaired) electrons. The molecular weight excluding hydrogens is 324 g/mol. The van der Waals surface area contributed by atoms with Gasteiger partial charge in [-0.05, 0) is 34.5 Å². The summed E-state index contributed by atoms with van der Waals surface area (Å²) in [5, 5.41) is 15.0. The number of hydrogen-bond donors (Lipinski definition) is 1. The van der Waals surface area contributed by atoms with Crippen LogP contribution in [-0.2, 0) is 6.54 Å². The number of nitrogens with one attached hydrogen (secondary N) is 1. The molecule has 0 aromatic heterocycles. The summed E-state index contributed by atoms with van der Waals surface area (Å²) in [6.07, 6.45) is 0. The normalized spacial score (nSPS) is 10.3. The first kappa shape index (κ1) is 13.7. The van der Waals surface area contributed by atoms with Crippen molar-refractivity contribution in [3.05, 3.63) is 76.3 Å². The van der Waals surface area contributed by atoms with E-state index in [0.29, 0.717) is 12.1 Å². The summed E-state index contributed by atoms with van der Waals surface area (Å²) in [7, 11) is 0. The van der Waals surface area contributed by atoms with Crippen molar-refractivity contribution >= 4 is 32.4 Å². The average Bonchev–Trinajstić information content (AvgIpc) is 2.53. The number of hydrogen-bond acceptors (Lipinski definition) is 2. The molecule has 0 atom stereocenters. The number of nitrogens with zero attached hydrogens (tertiary/aromatic N) is 1. The molecule has 0 bridgehead atoms. The fourth-order valence-corrected chi connectivity index (χ4v) is 2.76. The lowest BCUT2D eigenvalue weighted by atomic mass is 10.0. The number of fused-ring (bicyclic) bond motifs is 1. The second-order valence-corrected chi connectivity index (χ2v) is 5.71. The smallest absolute Gasteiger partial charge is 0.101 e. The SMILES string of the molecule is N#Cc1ccc(Br)cc1NCc1cccc2ccccc12. The van der Waals surface area contributed by atoms with E-state index < -0.39 is 0 Å². The molecule has 0 spiro atoms. The van der Waals surface area contributed by atoms with Gasteiger partial charge >= 0.3 is 0 Å². The zero-order valence-corrected chi connectivity index (χ0v) is 12.9. The van der Waals surface area contributed by atoms with Crippen molar-refractivity contribution in [1.29, 1.82) is 5.26 Å². The minimum Gasteiger partial charge on any atom is -0.380 e. The maximum absolute atomic E-state index is 9.17. The summed E-state index contributed by atoms with van der Waals surface area (Å²) < 4.78 is 0.960. The van der Waals surface area contributed by atoms with E-state index in [2.05, 4.69) is 57.6 Å². The largest absolute Gasteiger partial charge is 0.380 e. The minimum absolute atomic E-state index is 0.651. The third kappa shape index (κ3) is 2.91. The summed E-state index contributed by atoms with van der Waals surface area (Å²) >= 11 is 3.44. The highest BCUT2D eigenvalue weighted by molar-refractivity contribution is 9.10.